The summed E-state index contributed by atoms with van der Waals surface area (Å²) in [6.45, 7) is 0.791. The van der Waals surface area contributed by atoms with E-state index >= 15 is 0 Å². The fourth-order valence-electron chi connectivity index (χ4n) is 2.88. The van der Waals surface area contributed by atoms with Crippen molar-refractivity contribution in [2.24, 2.45) is 0 Å². The van der Waals surface area contributed by atoms with Gasteiger partial charge in [-0.15, -0.1) is 0 Å². The van der Waals surface area contributed by atoms with Gasteiger partial charge in [0.2, 0.25) is 0 Å². The SMILES string of the molecule is OC1(CNC2CC(c3ccccc3)C2)CCC1. The normalized spacial score (nSPS) is 30.4. The van der Waals surface area contributed by atoms with Gasteiger partial charge in [-0.2, -0.15) is 0 Å². The van der Waals surface area contributed by atoms with Gasteiger partial charge in [0.05, 0.1) is 5.60 Å². The van der Waals surface area contributed by atoms with Crippen LogP contribution in [0.15, 0.2) is 30.3 Å². The molecule has 2 N–H and O–H groups in total. The van der Waals surface area contributed by atoms with Crippen LogP contribution in [0.4, 0.5) is 0 Å². The van der Waals surface area contributed by atoms with Crippen LogP contribution in [0.5, 0.6) is 0 Å². The Morgan fingerprint density at radius 3 is 2.47 bits per heavy atom. The van der Waals surface area contributed by atoms with Gasteiger partial charge in [-0.1, -0.05) is 30.3 Å². The first-order valence-electron chi connectivity index (χ1n) is 6.76. The zero-order valence-corrected chi connectivity index (χ0v) is 10.2. The standard InChI is InChI=1S/C15H21NO/c17-15(7-4-8-15)11-16-14-9-13(10-14)12-5-2-1-3-6-12/h1-3,5-6,13-14,16-17H,4,7-11H2. The molecule has 1 aromatic carbocycles. The van der Waals surface area contributed by atoms with Crippen LogP contribution in [0, 0.1) is 0 Å². The maximum Gasteiger partial charge on any atom is 0.0771 e. The van der Waals surface area contributed by atoms with E-state index in [0.717, 1.165) is 25.3 Å². The van der Waals surface area contributed by atoms with E-state index in [1.54, 1.807) is 0 Å². The van der Waals surface area contributed by atoms with E-state index in [-0.39, 0.29) is 5.60 Å². The number of benzene rings is 1. The van der Waals surface area contributed by atoms with Crippen molar-refractivity contribution in [1.29, 1.82) is 0 Å². The Bertz CT molecular complexity index is 366. The van der Waals surface area contributed by atoms with Gasteiger partial charge in [0.1, 0.15) is 0 Å². The number of hydrogen-bond acceptors (Lipinski definition) is 2. The second-order valence-electron chi connectivity index (χ2n) is 5.73. The predicted molar refractivity (Wildman–Crippen MR) is 69.0 cm³/mol. The van der Waals surface area contributed by atoms with Gasteiger partial charge in [-0.05, 0) is 43.6 Å². The maximum atomic E-state index is 10.00. The summed E-state index contributed by atoms with van der Waals surface area (Å²) in [5, 5.41) is 13.5. The molecule has 0 radical (unpaired) electrons. The summed E-state index contributed by atoms with van der Waals surface area (Å²) < 4.78 is 0. The highest BCUT2D eigenvalue weighted by Crippen LogP contribution is 2.37. The first-order chi connectivity index (χ1) is 8.25. The summed E-state index contributed by atoms with van der Waals surface area (Å²) in [5.74, 6) is 0.727. The molecule has 0 aliphatic heterocycles. The minimum atomic E-state index is -0.377. The Morgan fingerprint density at radius 2 is 1.88 bits per heavy atom. The molecule has 0 saturated heterocycles. The minimum absolute atomic E-state index is 0.377. The molecule has 2 saturated carbocycles. The Morgan fingerprint density at radius 1 is 1.18 bits per heavy atom. The fraction of sp³-hybridized carbons (Fsp3) is 0.600. The first kappa shape index (κ1) is 11.2. The van der Waals surface area contributed by atoms with Gasteiger partial charge in [-0.25, -0.2) is 0 Å². The smallest absolute Gasteiger partial charge is 0.0771 e. The Labute approximate surface area is 103 Å². The molecule has 3 rings (SSSR count). The lowest BCUT2D eigenvalue weighted by Gasteiger charge is -2.42. The molecule has 2 heteroatoms. The average Bonchev–Trinajstić information content (AvgIpc) is 2.26. The van der Waals surface area contributed by atoms with Crippen molar-refractivity contribution >= 4 is 0 Å². The van der Waals surface area contributed by atoms with Crippen LogP contribution in [0.2, 0.25) is 0 Å². The molecular formula is C15H21NO. The van der Waals surface area contributed by atoms with Crippen LogP contribution in [0.3, 0.4) is 0 Å². The van der Waals surface area contributed by atoms with E-state index in [1.165, 1.54) is 24.8 Å². The van der Waals surface area contributed by atoms with Crippen molar-refractivity contribution in [3.05, 3.63) is 35.9 Å². The minimum Gasteiger partial charge on any atom is -0.389 e. The summed E-state index contributed by atoms with van der Waals surface area (Å²) in [5.41, 5.74) is 1.09. The summed E-state index contributed by atoms with van der Waals surface area (Å²) in [6.07, 6.45) is 5.60. The molecule has 92 valence electrons. The second-order valence-corrected chi connectivity index (χ2v) is 5.73. The van der Waals surface area contributed by atoms with E-state index in [9.17, 15) is 5.11 Å². The van der Waals surface area contributed by atoms with Gasteiger partial charge < -0.3 is 10.4 Å². The van der Waals surface area contributed by atoms with Crippen molar-refractivity contribution in [3.8, 4) is 0 Å². The van der Waals surface area contributed by atoms with Crippen molar-refractivity contribution in [3.63, 3.8) is 0 Å². The molecule has 2 fully saturated rings. The van der Waals surface area contributed by atoms with Gasteiger partial charge in [0.15, 0.2) is 0 Å². The molecule has 0 bridgehead atoms. The van der Waals surface area contributed by atoms with Gasteiger partial charge in [-0.3, -0.25) is 0 Å². The van der Waals surface area contributed by atoms with Crippen LogP contribution < -0.4 is 5.32 Å². The van der Waals surface area contributed by atoms with Crippen LogP contribution in [0.25, 0.3) is 0 Å². The summed E-state index contributed by atoms with van der Waals surface area (Å²) in [6, 6.07) is 11.4. The second kappa shape index (κ2) is 4.43. The largest absolute Gasteiger partial charge is 0.389 e. The van der Waals surface area contributed by atoms with E-state index in [1.807, 2.05) is 0 Å². The number of aliphatic hydroxyl groups is 1. The zero-order chi connectivity index (χ0) is 11.7. The highest BCUT2D eigenvalue weighted by molar-refractivity contribution is 5.22. The van der Waals surface area contributed by atoms with Crippen LogP contribution in [0.1, 0.15) is 43.6 Å². The van der Waals surface area contributed by atoms with Gasteiger partial charge in [0, 0.05) is 12.6 Å². The fourth-order valence-corrected chi connectivity index (χ4v) is 2.88. The highest BCUT2D eigenvalue weighted by Gasteiger charge is 2.36. The van der Waals surface area contributed by atoms with E-state index < -0.39 is 0 Å². The molecule has 0 atom stereocenters. The summed E-state index contributed by atoms with van der Waals surface area (Å²) in [4.78, 5) is 0. The predicted octanol–water partition coefficient (Wildman–Crippen LogP) is 2.44. The van der Waals surface area contributed by atoms with Crippen molar-refractivity contribution in [1.82, 2.24) is 5.32 Å². The van der Waals surface area contributed by atoms with Crippen molar-refractivity contribution in [2.45, 2.75) is 49.7 Å². The van der Waals surface area contributed by atoms with Crippen molar-refractivity contribution < 1.29 is 5.11 Å². The van der Waals surface area contributed by atoms with Crippen molar-refractivity contribution in [2.75, 3.05) is 6.54 Å². The molecule has 1 aromatic rings. The third-order valence-electron chi connectivity index (χ3n) is 4.41. The molecule has 0 heterocycles. The lowest BCUT2D eigenvalue weighted by atomic mass is 9.74. The number of rotatable bonds is 4. The monoisotopic (exact) mass is 231 g/mol. The molecule has 17 heavy (non-hydrogen) atoms. The van der Waals surface area contributed by atoms with E-state index in [2.05, 4.69) is 35.6 Å². The van der Waals surface area contributed by atoms with Gasteiger partial charge in [0.25, 0.3) is 0 Å². The highest BCUT2D eigenvalue weighted by atomic mass is 16.3. The lowest BCUT2D eigenvalue weighted by molar-refractivity contribution is -0.0354. The Kier molecular flexibility index (Phi) is 2.93. The average molecular weight is 231 g/mol. The topological polar surface area (TPSA) is 32.3 Å². The zero-order valence-electron chi connectivity index (χ0n) is 10.2. The molecule has 0 amide bonds. The molecule has 0 spiro atoms. The van der Waals surface area contributed by atoms with E-state index in [4.69, 9.17) is 0 Å². The van der Waals surface area contributed by atoms with E-state index in [0.29, 0.717) is 6.04 Å². The molecule has 2 aliphatic carbocycles. The molecular weight excluding hydrogens is 210 g/mol. The molecule has 0 aromatic heterocycles. The maximum absolute atomic E-state index is 10.00. The van der Waals surface area contributed by atoms with Crippen LogP contribution in [-0.4, -0.2) is 23.3 Å². The third kappa shape index (κ3) is 2.38. The summed E-state index contributed by atoms with van der Waals surface area (Å²) >= 11 is 0. The van der Waals surface area contributed by atoms with Gasteiger partial charge >= 0.3 is 0 Å². The lowest BCUT2D eigenvalue weighted by Crippen LogP contribution is -2.51. The van der Waals surface area contributed by atoms with Crippen LogP contribution >= 0.6 is 0 Å². The number of nitrogens with one attached hydrogen (secondary N) is 1. The first-order valence-corrected chi connectivity index (χ1v) is 6.76. The molecule has 2 nitrogen and oxygen atoms in total. The Balaban J connectivity index is 1.43. The third-order valence-corrected chi connectivity index (χ3v) is 4.41. The molecule has 2 aliphatic rings. The molecule has 0 unspecified atom stereocenters. The quantitative estimate of drug-likeness (QED) is 0.834. The van der Waals surface area contributed by atoms with Crippen LogP contribution in [-0.2, 0) is 0 Å². The Hall–Kier alpha value is -0.860. The number of hydrogen-bond donors (Lipinski definition) is 2. The summed E-state index contributed by atoms with van der Waals surface area (Å²) in [7, 11) is 0.